The van der Waals surface area contributed by atoms with E-state index in [0.717, 1.165) is 30.6 Å². The fourth-order valence-electron chi connectivity index (χ4n) is 6.75. The van der Waals surface area contributed by atoms with Crippen molar-refractivity contribution in [3.63, 3.8) is 0 Å². The van der Waals surface area contributed by atoms with Crippen molar-refractivity contribution in [1.29, 1.82) is 5.26 Å². The molecule has 5 fully saturated rings. The number of hydrogen-bond acceptors (Lipinski definition) is 3. The monoisotopic (exact) mass is 355 g/mol. The predicted molar refractivity (Wildman–Crippen MR) is 102 cm³/mol. The van der Waals surface area contributed by atoms with E-state index in [1.807, 2.05) is 0 Å². The maximum Gasteiger partial charge on any atom is 0.263 e. The van der Waals surface area contributed by atoms with Gasteiger partial charge in [-0.15, -0.1) is 0 Å². The first kappa shape index (κ1) is 17.9. The van der Waals surface area contributed by atoms with Gasteiger partial charge in [-0.05, 0) is 81.5 Å². The average molecular weight is 356 g/mol. The van der Waals surface area contributed by atoms with Gasteiger partial charge >= 0.3 is 0 Å². The molecule has 0 aromatic heterocycles. The largest absolute Gasteiger partial charge is 0.387 e. The van der Waals surface area contributed by atoms with Crippen molar-refractivity contribution in [1.82, 2.24) is 10.6 Å². The van der Waals surface area contributed by atoms with Gasteiger partial charge in [-0.1, -0.05) is 19.3 Å². The quantitative estimate of drug-likeness (QED) is 0.578. The van der Waals surface area contributed by atoms with E-state index < -0.39 is 0 Å². The van der Waals surface area contributed by atoms with Crippen molar-refractivity contribution in [2.75, 3.05) is 0 Å². The molecule has 5 saturated carbocycles. The van der Waals surface area contributed by atoms with Crippen LogP contribution in [0.3, 0.4) is 0 Å². The Bertz CT molecular complexity index is 576. The van der Waals surface area contributed by atoms with Gasteiger partial charge in [0.2, 0.25) is 0 Å². The molecule has 0 aliphatic heterocycles. The lowest BCUT2D eigenvalue weighted by Crippen LogP contribution is -2.54. The van der Waals surface area contributed by atoms with Crippen LogP contribution in [0.15, 0.2) is 11.8 Å². The van der Waals surface area contributed by atoms with Crippen molar-refractivity contribution < 1.29 is 4.79 Å². The van der Waals surface area contributed by atoms with Crippen molar-refractivity contribution in [3.05, 3.63) is 11.8 Å². The highest BCUT2D eigenvalue weighted by Crippen LogP contribution is 2.61. The zero-order valence-electron chi connectivity index (χ0n) is 16.1. The second kappa shape index (κ2) is 7.25. The van der Waals surface area contributed by atoms with Crippen LogP contribution in [0.2, 0.25) is 0 Å². The molecule has 0 saturated heterocycles. The van der Waals surface area contributed by atoms with Crippen LogP contribution >= 0.6 is 0 Å². The van der Waals surface area contributed by atoms with Gasteiger partial charge in [-0.2, -0.15) is 5.26 Å². The van der Waals surface area contributed by atoms with Crippen LogP contribution in [-0.2, 0) is 4.79 Å². The lowest BCUT2D eigenvalue weighted by Gasteiger charge is -2.59. The summed E-state index contributed by atoms with van der Waals surface area (Å²) in [6.45, 7) is 2.26. The summed E-state index contributed by atoms with van der Waals surface area (Å²) in [4.78, 5) is 12.5. The first-order valence-corrected chi connectivity index (χ1v) is 10.7. The highest BCUT2D eigenvalue weighted by Gasteiger charge is 2.53. The van der Waals surface area contributed by atoms with E-state index in [1.54, 1.807) is 6.20 Å². The zero-order valence-corrected chi connectivity index (χ0v) is 16.1. The number of nitrogens with one attached hydrogen (secondary N) is 2. The molecule has 0 aromatic carbocycles. The molecular weight excluding hydrogens is 322 g/mol. The van der Waals surface area contributed by atoms with Crippen LogP contribution in [0, 0.1) is 34.5 Å². The molecule has 5 aliphatic rings. The van der Waals surface area contributed by atoms with Gasteiger partial charge < -0.3 is 10.6 Å². The van der Waals surface area contributed by atoms with Crippen LogP contribution in [0.5, 0.6) is 0 Å². The molecule has 0 radical (unpaired) electrons. The van der Waals surface area contributed by atoms with E-state index in [2.05, 4.69) is 23.6 Å². The Balaban J connectivity index is 1.37. The Morgan fingerprint density at radius 2 is 1.65 bits per heavy atom. The maximum absolute atomic E-state index is 12.5. The van der Waals surface area contributed by atoms with E-state index in [9.17, 15) is 10.1 Å². The van der Waals surface area contributed by atoms with Crippen molar-refractivity contribution in [2.45, 2.75) is 89.6 Å². The predicted octanol–water partition coefficient (Wildman–Crippen LogP) is 4.04. The molecular formula is C22H33N3O. The summed E-state index contributed by atoms with van der Waals surface area (Å²) < 4.78 is 0. The van der Waals surface area contributed by atoms with Crippen molar-refractivity contribution in [2.24, 2.45) is 23.2 Å². The second-order valence-corrected chi connectivity index (χ2v) is 9.65. The highest BCUT2D eigenvalue weighted by molar-refractivity contribution is 5.97. The normalized spacial score (nSPS) is 37.8. The number of carbonyl (C=O) groups is 1. The lowest BCUT2D eigenvalue weighted by molar-refractivity contribution is -0.118. The highest BCUT2D eigenvalue weighted by atomic mass is 16.1. The molecule has 0 aromatic rings. The molecule has 4 heteroatoms. The maximum atomic E-state index is 12.5. The van der Waals surface area contributed by atoms with Crippen LogP contribution in [0.4, 0.5) is 0 Å². The number of rotatable bonds is 5. The third-order valence-electron chi connectivity index (χ3n) is 7.79. The summed E-state index contributed by atoms with van der Waals surface area (Å²) in [5, 5.41) is 16.0. The molecule has 5 rings (SSSR count). The van der Waals surface area contributed by atoms with Gasteiger partial charge in [-0.25, -0.2) is 0 Å². The molecule has 5 aliphatic carbocycles. The van der Waals surface area contributed by atoms with Gasteiger partial charge in [0.25, 0.3) is 5.91 Å². The molecule has 4 nitrogen and oxygen atoms in total. The number of nitriles is 1. The number of hydrogen-bond donors (Lipinski definition) is 2. The zero-order chi connectivity index (χ0) is 18.1. The Morgan fingerprint density at radius 1 is 1.08 bits per heavy atom. The fourth-order valence-corrected chi connectivity index (χ4v) is 6.75. The molecule has 1 atom stereocenters. The molecule has 0 heterocycles. The summed E-state index contributed by atoms with van der Waals surface area (Å²) in [6, 6.07) is 2.69. The smallest absolute Gasteiger partial charge is 0.263 e. The summed E-state index contributed by atoms with van der Waals surface area (Å²) >= 11 is 0. The van der Waals surface area contributed by atoms with Gasteiger partial charge in [0, 0.05) is 18.3 Å². The van der Waals surface area contributed by atoms with Crippen molar-refractivity contribution in [3.8, 4) is 6.07 Å². The standard InChI is InChI=1S/C22H33N3O/c1-15(22-10-16-7-17(11-22)9-18(8-16)12-22)24-14-19(13-23)21(26)25-20-5-3-2-4-6-20/h14-18,20,24H,2-12H2,1H3,(H,25,26)/b19-14-. The molecule has 142 valence electrons. The molecule has 0 spiro atoms. The molecule has 4 bridgehead atoms. The Hall–Kier alpha value is -1.50. The minimum atomic E-state index is -0.204. The first-order valence-electron chi connectivity index (χ1n) is 10.7. The SMILES string of the molecule is CC(N/C=C(/C#N)C(=O)NC1CCCCC1)C12CC3CC(CC(C3)C1)C2. The summed E-state index contributed by atoms with van der Waals surface area (Å²) in [6.07, 6.45) is 15.7. The van der Waals surface area contributed by atoms with Gasteiger partial charge in [0.1, 0.15) is 11.6 Å². The summed E-state index contributed by atoms with van der Waals surface area (Å²) in [5.41, 5.74) is 0.609. The number of carbonyl (C=O) groups excluding carboxylic acids is 1. The van der Waals surface area contributed by atoms with Gasteiger partial charge in [0.15, 0.2) is 0 Å². The average Bonchev–Trinajstić information content (AvgIpc) is 2.61. The van der Waals surface area contributed by atoms with Gasteiger partial charge in [0.05, 0.1) is 0 Å². The third kappa shape index (κ3) is 3.50. The lowest BCUT2D eigenvalue weighted by atomic mass is 9.48. The van der Waals surface area contributed by atoms with E-state index >= 15 is 0 Å². The second-order valence-electron chi connectivity index (χ2n) is 9.65. The van der Waals surface area contributed by atoms with Crippen molar-refractivity contribution >= 4 is 5.91 Å². The van der Waals surface area contributed by atoms with Crippen LogP contribution < -0.4 is 10.6 Å². The Labute approximate surface area is 157 Å². The van der Waals surface area contributed by atoms with Crippen LogP contribution in [0.1, 0.15) is 77.6 Å². The first-order chi connectivity index (χ1) is 12.6. The fraction of sp³-hybridized carbons (Fsp3) is 0.818. The van der Waals surface area contributed by atoms with E-state index in [4.69, 9.17) is 0 Å². The van der Waals surface area contributed by atoms with Crippen LogP contribution in [0.25, 0.3) is 0 Å². The molecule has 2 N–H and O–H groups in total. The molecule has 26 heavy (non-hydrogen) atoms. The minimum absolute atomic E-state index is 0.204. The van der Waals surface area contributed by atoms with E-state index in [-0.39, 0.29) is 17.5 Å². The summed E-state index contributed by atoms with van der Waals surface area (Å²) in [7, 11) is 0. The number of amides is 1. The van der Waals surface area contributed by atoms with E-state index in [1.165, 1.54) is 57.8 Å². The molecule has 1 unspecified atom stereocenters. The topological polar surface area (TPSA) is 64.9 Å². The third-order valence-corrected chi connectivity index (χ3v) is 7.79. The summed E-state index contributed by atoms with van der Waals surface area (Å²) in [5.74, 6) is 2.54. The van der Waals surface area contributed by atoms with Gasteiger partial charge in [-0.3, -0.25) is 4.79 Å². The Kier molecular flexibility index (Phi) is 4.99. The van der Waals surface area contributed by atoms with Crippen LogP contribution in [-0.4, -0.2) is 18.0 Å². The number of nitrogens with zero attached hydrogens (tertiary/aromatic N) is 1. The van der Waals surface area contributed by atoms with E-state index in [0.29, 0.717) is 11.5 Å². The molecule has 1 amide bonds. The Morgan fingerprint density at radius 3 is 2.19 bits per heavy atom. The minimum Gasteiger partial charge on any atom is -0.387 e.